The summed E-state index contributed by atoms with van der Waals surface area (Å²) in [5, 5.41) is 14.0. The fourth-order valence-electron chi connectivity index (χ4n) is 2.83. The van der Waals surface area contributed by atoms with Crippen molar-refractivity contribution in [3.63, 3.8) is 0 Å². The number of aromatic nitrogens is 1. The highest BCUT2D eigenvalue weighted by Gasteiger charge is 2.31. The lowest BCUT2D eigenvalue weighted by Gasteiger charge is -2.21. The second-order valence-electron chi connectivity index (χ2n) is 5.01. The zero-order chi connectivity index (χ0) is 13.1. The van der Waals surface area contributed by atoms with Crippen LogP contribution in [0.2, 0.25) is 0 Å². The molecule has 3 unspecified atom stereocenters. The van der Waals surface area contributed by atoms with Gasteiger partial charge >= 0.3 is 0 Å². The van der Waals surface area contributed by atoms with E-state index in [0.717, 1.165) is 12.3 Å². The van der Waals surface area contributed by atoms with E-state index in [1.54, 1.807) is 0 Å². The number of nitro groups is 1. The van der Waals surface area contributed by atoms with Crippen LogP contribution in [0, 0.1) is 22.0 Å². The van der Waals surface area contributed by atoms with E-state index in [4.69, 9.17) is 0 Å². The number of rotatable bonds is 4. The quantitative estimate of drug-likeness (QED) is 0.657. The number of pyridine rings is 1. The highest BCUT2D eigenvalue weighted by molar-refractivity contribution is 5.45. The van der Waals surface area contributed by atoms with Gasteiger partial charge in [0.1, 0.15) is 5.82 Å². The Morgan fingerprint density at radius 3 is 2.94 bits per heavy atom. The number of nitrogens with one attached hydrogen (secondary N) is 1. The van der Waals surface area contributed by atoms with E-state index in [2.05, 4.69) is 24.1 Å². The Bertz CT molecular complexity index is 436. The van der Waals surface area contributed by atoms with E-state index >= 15 is 0 Å². The highest BCUT2D eigenvalue weighted by Crippen LogP contribution is 2.35. The summed E-state index contributed by atoms with van der Waals surface area (Å²) in [5.74, 6) is 1.95. The molecular weight excluding hydrogens is 230 g/mol. The maximum absolute atomic E-state index is 10.7. The first-order chi connectivity index (χ1) is 8.61. The molecule has 1 aromatic rings. The molecule has 0 aliphatic heterocycles. The molecule has 18 heavy (non-hydrogen) atoms. The van der Waals surface area contributed by atoms with Gasteiger partial charge in [-0.15, -0.1) is 0 Å². The third-order valence-corrected chi connectivity index (χ3v) is 4.04. The van der Waals surface area contributed by atoms with Gasteiger partial charge in [0.2, 0.25) is 0 Å². The molecule has 0 bridgehead atoms. The summed E-state index contributed by atoms with van der Waals surface area (Å²) in [7, 11) is 0. The molecule has 3 atom stereocenters. The highest BCUT2D eigenvalue weighted by atomic mass is 16.6. The monoisotopic (exact) mass is 249 g/mol. The van der Waals surface area contributed by atoms with Gasteiger partial charge in [-0.3, -0.25) is 10.1 Å². The predicted octanol–water partition coefficient (Wildman–Crippen LogP) is 3.23. The van der Waals surface area contributed by atoms with Crippen molar-refractivity contribution in [2.75, 3.05) is 5.32 Å². The van der Waals surface area contributed by atoms with Crippen LogP contribution >= 0.6 is 0 Å². The van der Waals surface area contributed by atoms with E-state index < -0.39 is 0 Å². The van der Waals surface area contributed by atoms with E-state index in [1.165, 1.54) is 31.2 Å². The third kappa shape index (κ3) is 2.60. The minimum Gasteiger partial charge on any atom is -0.367 e. The van der Waals surface area contributed by atoms with Crippen LogP contribution in [-0.2, 0) is 0 Å². The molecule has 0 aromatic carbocycles. The zero-order valence-electron chi connectivity index (χ0n) is 10.8. The van der Waals surface area contributed by atoms with Gasteiger partial charge in [0, 0.05) is 18.3 Å². The Morgan fingerprint density at radius 1 is 1.56 bits per heavy atom. The zero-order valence-corrected chi connectivity index (χ0v) is 10.8. The van der Waals surface area contributed by atoms with Crippen LogP contribution < -0.4 is 5.32 Å². The lowest BCUT2D eigenvalue weighted by Crippen LogP contribution is -2.25. The van der Waals surface area contributed by atoms with Gasteiger partial charge in [0.15, 0.2) is 0 Å². The largest absolute Gasteiger partial charge is 0.367 e. The van der Waals surface area contributed by atoms with Gasteiger partial charge in [-0.05, 0) is 24.7 Å². The van der Waals surface area contributed by atoms with Crippen LogP contribution in [0.3, 0.4) is 0 Å². The first kappa shape index (κ1) is 12.8. The molecule has 1 heterocycles. The molecule has 98 valence electrons. The molecule has 0 radical (unpaired) electrons. The molecule has 5 heteroatoms. The van der Waals surface area contributed by atoms with Crippen LogP contribution in [0.5, 0.6) is 0 Å². The van der Waals surface area contributed by atoms with Crippen molar-refractivity contribution in [2.45, 2.75) is 39.2 Å². The second kappa shape index (κ2) is 5.33. The molecule has 1 fully saturated rings. The summed E-state index contributed by atoms with van der Waals surface area (Å²) in [4.78, 5) is 14.5. The van der Waals surface area contributed by atoms with Crippen molar-refractivity contribution < 1.29 is 4.92 Å². The smallest absolute Gasteiger partial charge is 0.274 e. The van der Waals surface area contributed by atoms with E-state index in [1.807, 2.05) is 0 Å². The molecule has 0 spiro atoms. The molecule has 1 N–H and O–H groups in total. The molecule has 1 aromatic heterocycles. The van der Waals surface area contributed by atoms with E-state index in [0.29, 0.717) is 17.8 Å². The second-order valence-corrected chi connectivity index (χ2v) is 5.01. The Morgan fingerprint density at radius 2 is 2.33 bits per heavy atom. The maximum atomic E-state index is 10.7. The van der Waals surface area contributed by atoms with Gasteiger partial charge < -0.3 is 5.32 Å². The number of hydrogen-bond acceptors (Lipinski definition) is 4. The summed E-state index contributed by atoms with van der Waals surface area (Å²) in [6, 6.07) is 3.30. The summed E-state index contributed by atoms with van der Waals surface area (Å²) in [6.07, 6.45) is 5.02. The SMILES string of the molecule is CCC1CCC(Nc2cc([N+](=O)[O-])ccn2)C1C. The molecule has 0 amide bonds. The predicted molar refractivity (Wildman–Crippen MR) is 70.5 cm³/mol. The van der Waals surface area contributed by atoms with Crippen molar-refractivity contribution in [2.24, 2.45) is 11.8 Å². The van der Waals surface area contributed by atoms with Crippen molar-refractivity contribution in [3.05, 3.63) is 28.4 Å². The van der Waals surface area contributed by atoms with Gasteiger partial charge in [-0.1, -0.05) is 20.3 Å². The number of hydrogen-bond donors (Lipinski definition) is 1. The molecule has 2 rings (SSSR count). The molecule has 5 nitrogen and oxygen atoms in total. The van der Waals surface area contributed by atoms with Gasteiger partial charge in [0.05, 0.1) is 11.0 Å². The normalized spacial score (nSPS) is 27.1. The lowest BCUT2D eigenvalue weighted by molar-refractivity contribution is -0.384. The Balaban J connectivity index is 2.06. The Kier molecular flexibility index (Phi) is 3.79. The van der Waals surface area contributed by atoms with Gasteiger partial charge in [-0.2, -0.15) is 0 Å². The molecule has 1 aliphatic carbocycles. The van der Waals surface area contributed by atoms with Gasteiger partial charge in [0.25, 0.3) is 5.69 Å². The van der Waals surface area contributed by atoms with Crippen LogP contribution in [0.15, 0.2) is 18.3 Å². The van der Waals surface area contributed by atoms with E-state index in [-0.39, 0.29) is 10.6 Å². The van der Waals surface area contributed by atoms with Gasteiger partial charge in [-0.25, -0.2) is 4.98 Å². The van der Waals surface area contributed by atoms with Crippen LogP contribution in [0.25, 0.3) is 0 Å². The van der Waals surface area contributed by atoms with Crippen LogP contribution in [0.1, 0.15) is 33.1 Å². The fourth-order valence-corrected chi connectivity index (χ4v) is 2.83. The first-order valence-electron chi connectivity index (χ1n) is 6.48. The average Bonchev–Trinajstić information content (AvgIpc) is 2.71. The Hall–Kier alpha value is -1.65. The third-order valence-electron chi connectivity index (χ3n) is 4.04. The molecular formula is C13H19N3O2. The standard InChI is InChI=1S/C13H19N3O2/c1-3-10-4-5-12(9(10)2)15-13-8-11(16(17)18)6-7-14-13/h6-10,12H,3-5H2,1-2H3,(H,14,15). The average molecular weight is 249 g/mol. The molecule has 1 saturated carbocycles. The molecule has 0 saturated heterocycles. The minimum atomic E-state index is -0.389. The van der Waals surface area contributed by atoms with Crippen LogP contribution in [-0.4, -0.2) is 15.9 Å². The summed E-state index contributed by atoms with van der Waals surface area (Å²) < 4.78 is 0. The van der Waals surface area contributed by atoms with Crippen molar-refractivity contribution in [1.29, 1.82) is 0 Å². The van der Waals surface area contributed by atoms with Crippen molar-refractivity contribution in [1.82, 2.24) is 4.98 Å². The first-order valence-corrected chi connectivity index (χ1v) is 6.48. The number of nitrogens with zero attached hydrogens (tertiary/aromatic N) is 2. The summed E-state index contributed by atoms with van der Waals surface area (Å²) >= 11 is 0. The topological polar surface area (TPSA) is 68.1 Å². The molecule has 1 aliphatic rings. The fraction of sp³-hybridized carbons (Fsp3) is 0.615. The van der Waals surface area contributed by atoms with Crippen LogP contribution in [0.4, 0.5) is 11.5 Å². The minimum absolute atomic E-state index is 0.0881. The number of anilines is 1. The maximum Gasteiger partial charge on any atom is 0.274 e. The lowest BCUT2D eigenvalue weighted by atomic mass is 9.93. The summed E-state index contributed by atoms with van der Waals surface area (Å²) in [5.41, 5.74) is 0.0881. The summed E-state index contributed by atoms with van der Waals surface area (Å²) in [6.45, 7) is 4.46. The van der Waals surface area contributed by atoms with Crippen molar-refractivity contribution in [3.8, 4) is 0 Å². The van der Waals surface area contributed by atoms with E-state index in [9.17, 15) is 10.1 Å². The van der Waals surface area contributed by atoms with Crippen molar-refractivity contribution >= 4 is 11.5 Å². The Labute approximate surface area is 107 Å².